The summed E-state index contributed by atoms with van der Waals surface area (Å²) in [6, 6.07) is 9.87. The summed E-state index contributed by atoms with van der Waals surface area (Å²) in [5.41, 5.74) is 1.89. The van der Waals surface area contributed by atoms with E-state index in [1.54, 1.807) is 0 Å². The Balaban J connectivity index is 1.86. The largest absolute Gasteiger partial charge is 0.492 e. The van der Waals surface area contributed by atoms with Gasteiger partial charge in [-0.1, -0.05) is 12.1 Å². The van der Waals surface area contributed by atoms with Gasteiger partial charge in [-0.15, -0.1) is 0 Å². The number of hydrogen-bond donors (Lipinski definition) is 1. The highest BCUT2D eigenvalue weighted by molar-refractivity contribution is 5.64. The van der Waals surface area contributed by atoms with Gasteiger partial charge in [0.2, 0.25) is 5.95 Å². The van der Waals surface area contributed by atoms with Crippen molar-refractivity contribution in [3.05, 3.63) is 36.0 Å². The third kappa shape index (κ3) is 3.30. The molecule has 0 bridgehead atoms. The van der Waals surface area contributed by atoms with Crippen LogP contribution >= 0.6 is 0 Å². The molecule has 0 radical (unpaired) electrons. The molecule has 1 N–H and O–H groups in total. The molecule has 1 aromatic carbocycles. The second kappa shape index (κ2) is 6.64. The molecule has 2 heterocycles. The van der Waals surface area contributed by atoms with Crippen molar-refractivity contribution >= 4 is 17.5 Å². The van der Waals surface area contributed by atoms with Gasteiger partial charge in [0.05, 0.1) is 12.3 Å². The third-order valence-corrected chi connectivity index (χ3v) is 3.68. The second-order valence-corrected chi connectivity index (χ2v) is 5.44. The SMILES string of the molecule is CCOc1ccccc1Nc1cc(C)nc(N2CCCC2)n1. The predicted octanol–water partition coefficient (Wildman–Crippen LogP) is 3.53. The Kier molecular flexibility index (Phi) is 4.42. The summed E-state index contributed by atoms with van der Waals surface area (Å²) in [6.45, 7) is 6.70. The van der Waals surface area contributed by atoms with E-state index in [9.17, 15) is 0 Å². The number of aromatic nitrogens is 2. The summed E-state index contributed by atoms with van der Waals surface area (Å²) in [4.78, 5) is 11.5. The van der Waals surface area contributed by atoms with Crippen molar-refractivity contribution in [2.45, 2.75) is 26.7 Å². The van der Waals surface area contributed by atoms with Gasteiger partial charge in [0.1, 0.15) is 11.6 Å². The number of nitrogens with one attached hydrogen (secondary N) is 1. The van der Waals surface area contributed by atoms with Crippen molar-refractivity contribution in [3.8, 4) is 5.75 Å². The molecule has 0 unspecified atom stereocenters. The monoisotopic (exact) mass is 298 g/mol. The fourth-order valence-electron chi connectivity index (χ4n) is 2.66. The molecule has 5 heteroatoms. The van der Waals surface area contributed by atoms with E-state index in [0.29, 0.717) is 6.61 Å². The van der Waals surface area contributed by atoms with Crippen LogP contribution in [0.4, 0.5) is 17.5 Å². The van der Waals surface area contributed by atoms with Crippen molar-refractivity contribution in [1.82, 2.24) is 9.97 Å². The Morgan fingerprint density at radius 1 is 1.18 bits per heavy atom. The van der Waals surface area contributed by atoms with Crippen LogP contribution in [0.15, 0.2) is 30.3 Å². The minimum absolute atomic E-state index is 0.639. The lowest BCUT2D eigenvalue weighted by Gasteiger charge is -2.17. The zero-order chi connectivity index (χ0) is 15.4. The van der Waals surface area contributed by atoms with Crippen LogP contribution in [0.25, 0.3) is 0 Å². The van der Waals surface area contributed by atoms with E-state index < -0.39 is 0 Å². The van der Waals surface area contributed by atoms with Gasteiger partial charge in [0, 0.05) is 24.8 Å². The number of benzene rings is 1. The Bertz CT molecular complexity index is 638. The van der Waals surface area contributed by atoms with Gasteiger partial charge in [-0.25, -0.2) is 4.98 Å². The molecule has 1 saturated heterocycles. The first kappa shape index (κ1) is 14.6. The van der Waals surface area contributed by atoms with Crippen LogP contribution in [0.2, 0.25) is 0 Å². The average Bonchev–Trinajstić information content (AvgIpc) is 3.03. The van der Waals surface area contributed by atoms with E-state index in [1.165, 1.54) is 12.8 Å². The first-order valence-electron chi connectivity index (χ1n) is 7.86. The number of anilines is 3. The molecule has 0 spiro atoms. The molecule has 0 saturated carbocycles. The minimum Gasteiger partial charge on any atom is -0.492 e. The van der Waals surface area contributed by atoms with Crippen LogP contribution in [-0.2, 0) is 0 Å². The molecule has 22 heavy (non-hydrogen) atoms. The summed E-state index contributed by atoms with van der Waals surface area (Å²) in [5.74, 6) is 2.46. The molecule has 1 fully saturated rings. The molecular formula is C17H22N4O. The van der Waals surface area contributed by atoms with Crippen LogP contribution in [0.1, 0.15) is 25.5 Å². The highest BCUT2D eigenvalue weighted by atomic mass is 16.5. The number of hydrogen-bond acceptors (Lipinski definition) is 5. The van der Waals surface area contributed by atoms with E-state index in [-0.39, 0.29) is 0 Å². The number of nitrogens with zero attached hydrogens (tertiary/aromatic N) is 3. The normalized spacial score (nSPS) is 14.2. The molecule has 5 nitrogen and oxygen atoms in total. The van der Waals surface area contributed by atoms with Gasteiger partial charge in [-0.3, -0.25) is 0 Å². The summed E-state index contributed by atoms with van der Waals surface area (Å²) in [6.07, 6.45) is 2.43. The third-order valence-electron chi connectivity index (χ3n) is 3.68. The zero-order valence-electron chi connectivity index (χ0n) is 13.2. The molecular weight excluding hydrogens is 276 g/mol. The van der Waals surface area contributed by atoms with E-state index >= 15 is 0 Å². The highest BCUT2D eigenvalue weighted by Gasteiger charge is 2.16. The standard InChI is InChI=1S/C17H22N4O/c1-3-22-15-9-5-4-8-14(15)19-16-12-13(2)18-17(20-16)21-10-6-7-11-21/h4-5,8-9,12H,3,6-7,10-11H2,1-2H3,(H,18,19,20). The molecule has 1 aliphatic heterocycles. The summed E-state index contributed by atoms with van der Waals surface area (Å²) in [7, 11) is 0. The Morgan fingerprint density at radius 3 is 2.73 bits per heavy atom. The fourth-order valence-corrected chi connectivity index (χ4v) is 2.66. The van der Waals surface area contributed by atoms with Crippen molar-refractivity contribution in [1.29, 1.82) is 0 Å². The van der Waals surface area contributed by atoms with Gasteiger partial charge in [0.25, 0.3) is 0 Å². The maximum atomic E-state index is 5.65. The van der Waals surface area contributed by atoms with Gasteiger partial charge in [-0.05, 0) is 38.8 Å². The Hall–Kier alpha value is -2.30. The smallest absolute Gasteiger partial charge is 0.227 e. The van der Waals surface area contributed by atoms with Gasteiger partial charge >= 0.3 is 0 Å². The maximum absolute atomic E-state index is 5.65. The van der Waals surface area contributed by atoms with Crippen LogP contribution in [-0.4, -0.2) is 29.7 Å². The summed E-state index contributed by atoms with van der Waals surface area (Å²) in [5, 5.41) is 3.36. The zero-order valence-corrected chi connectivity index (χ0v) is 13.2. The lowest BCUT2D eigenvalue weighted by Crippen LogP contribution is -2.21. The molecule has 1 aliphatic rings. The fraction of sp³-hybridized carbons (Fsp3) is 0.412. The predicted molar refractivity (Wildman–Crippen MR) is 89.1 cm³/mol. The van der Waals surface area contributed by atoms with E-state index in [1.807, 2.05) is 44.2 Å². The van der Waals surface area contributed by atoms with E-state index in [0.717, 1.165) is 42.0 Å². The van der Waals surface area contributed by atoms with Crippen molar-refractivity contribution in [2.24, 2.45) is 0 Å². The van der Waals surface area contributed by atoms with Gasteiger partial charge < -0.3 is 15.0 Å². The first-order chi connectivity index (χ1) is 10.8. The summed E-state index contributed by atoms with van der Waals surface area (Å²) < 4.78 is 5.65. The number of aryl methyl sites for hydroxylation is 1. The Morgan fingerprint density at radius 2 is 1.95 bits per heavy atom. The van der Waals surface area contributed by atoms with Crippen molar-refractivity contribution in [3.63, 3.8) is 0 Å². The topological polar surface area (TPSA) is 50.3 Å². The van der Waals surface area contributed by atoms with Crippen molar-refractivity contribution < 1.29 is 4.74 Å². The molecule has 0 amide bonds. The molecule has 2 aromatic rings. The van der Waals surface area contributed by atoms with E-state index in [2.05, 4.69) is 20.2 Å². The highest BCUT2D eigenvalue weighted by Crippen LogP contribution is 2.28. The lowest BCUT2D eigenvalue weighted by molar-refractivity contribution is 0.342. The minimum atomic E-state index is 0.639. The molecule has 116 valence electrons. The van der Waals surface area contributed by atoms with Crippen LogP contribution < -0.4 is 15.0 Å². The quantitative estimate of drug-likeness (QED) is 0.915. The van der Waals surface area contributed by atoms with Gasteiger partial charge in [0.15, 0.2) is 0 Å². The van der Waals surface area contributed by atoms with Crippen LogP contribution in [0.5, 0.6) is 5.75 Å². The van der Waals surface area contributed by atoms with Crippen LogP contribution in [0, 0.1) is 6.92 Å². The molecule has 1 aromatic heterocycles. The number of rotatable bonds is 5. The molecule has 3 rings (SSSR count). The van der Waals surface area contributed by atoms with Crippen molar-refractivity contribution in [2.75, 3.05) is 29.9 Å². The van der Waals surface area contributed by atoms with Crippen LogP contribution in [0.3, 0.4) is 0 Å². The first-order valence-corrected chi connectivity index (χ1v) is 7.86. The van der Waals surface area contributed by atoms with E-state index in [4.69, 9.17) is 4.74 Å². The number of ether oxygens (including phenoxy) is 1. The summed E-state index contributed by atoms with van der Waals surface area (Å²) >= 11 is 0. The lowest BCUT2D eigenvalue weighted by atomic mass is 10.3. The average molecular weight is 298 g/mol. The molecule has 0 aliphatic carbocycles. The number of para-hydroxylation sites is 2. The second-order valence-electron chi connectivity index (χ2n) is 5.44. The van der Waals surface area contributed by atoms with Gasteiger partial charge in [-0.2, -0.15) is 4.98 Å². The maximum Gasteiger partial charge on any atom is 0.227 e. The molecule has 0 atom stereocenters. The Labute approximate surface area is 131 Å².